The van der Waals surface area contributed by atoms with Crippen LogP contribution in [0.15, 0.2) is 15.9 Å². The van der Waals surface area contributed by atoms with Gasteiger partial charge in [0.2, 0.25) is 0 Å². The molecule has 0 bridgehead atoms. The summed E-state index contributed by atoms with van der Waals surface area (Å²) in [7, 11) is 2.94. The number of fused-ring (bicyclic) bond motifs is 1. The molecule has 20 heavy (non-hydrogen) atoms. The third kappa shape index (κ3) is 1.54. The van der Waals surface area contributed by atoms with Crippen LogP contribution in [0.5, 0.6) is 0 Å². The van der Waals surface area contributed by atoms with Crippen LogP contribution in [0, 0.1) is 0 Å². The van der Waals surface area contributed by atoms with Gasteiger partial charge in [-0.25, -0.2) is 14.6 Å². The lowest BCUT2D eigenvalue weighted by atomic mass is 10.2. The Bertz CT molecular complexity index is 828. The van der Waals surface area contributed by atoms with Crippen LogP contribution in [0.3, 0.4) is 0 Å². The minimum atomic E-state index is -0.569. The summed E-state index contributed by atoms with van der Waals surface area (Å²) < 4.78 is 8.90. The van der Waals surface area contributed by atoms with E-state index < -0.39 is 17.3 Å². The fourth-order valence-corrected chi connectivity index (χ4v) is 2.56. The number of ether oxygens (including phenoxy) is 1. The third-order valence-corrected chi connectivity index (χ3v) is 3.65. The number of aryl methyl sites for hydroxylation is 1. The predicted octanol–water partition coefficient (Wildman–Crippen LogP) is -0.690. The van der Waals surface area contributed by atoms with Crippen LogP contribution in [-0.4, -0.2) is 30.8 Å². The van der Waals surface area contributed by atoms with Crippen LogP contribution >= 0.6 is 0 Å². The molecule has 0 N–H and O–H groups in total. The van der Waals surface area contributed by atoms with Gasteiger partial charge in [-0.1, -0.05) is 0 Å². The van der Waals surface area contributed by atoms with Gasteiger partial charge >= 0.3 is 11.7 Å². The molecule has 1 saturated heterocycles. The number of nitrogens with zero attached hydrogens (tertiary/aromatic N) is 4. The van der Waals surface area contributed by atoms with Crippen LogP contribution in [0.25, 0.3) is 11.2 Å². The quantitative estimate of drug-likeness (QED) is 0.644. The van der Waals surface area contributed by atoms with Crippen molar-refractivity contribution >= 4 is 17.1 Å². The Morgan fingerprint density at radius 3 is 2.55 bits per heavy atom. The lowest BCUT2D eigenvalue weighted by Crippen LogP contribution is -2.38. The molecule has 0 spiro atoms. The van der Waals surface area contributed by atoms with Crippen molar-refractivity contribution in [1.29, 1.82) is 0 Å². The van der Waals surface area contributed by atoms with E-state index in [-0.39, 0.29) is 23.2 Å². The molecule has 2 atom stereocenters. The van der Waals surface area contributed by atoms with Gasteiger partial charge in [-0.05, 0) is 6.92 Å². The second-order valence-corrected chi connectivity index (χ2v) is 5.03. The molecule has 1 aliphatic rings. The molecular formula is C12H14N4O4. The first-order chi connectivity index (χ1) is 9.41. The zero-order valence-electron chi connectivity index (χ0n) is 11.4. The molecule has 0 aromatic carbocycles. The minimum absolute atomic E-state index is 0.193. The molecule has 0 amide bonds. The van der Waals surface area contributed by atoms with Gasteiger partial charge in [0.05, 0.1) is 6.33 Å². The van der Waals surface area contributed by atoms with E-state index in [4.69, 9.17) is 4.74 Å². The van der Waals surface area contributed by atoms with Gasteiger partial charge in [0, 0.05) is 20.5 Å². The molecule has 8 heteroatoms. The summed E-state index contributed by atoms with van der Waals surface area (Å²) in [6.45, 7) is 1.80. The first-order valence-corrected chi connectivity index (χ1v) is 6.25. The van der Waals surface area contributed by atoms with Crippen molar-refractivity contribution in [2.45, 2.75) is 25.5 Å². The summed E-state index contributed by atoms with van der Waals surface area (Å²) in [6, 6.07) is -0.569. The topological polar surface area (TPSA) is 88.1 Å². The number of hydrogen-bond donors (Lipinski definition) is 0. The van der Waals surface area contributed by atoms with Crippen LogP contribution < -0.4 is 11.2 Å². The van der Waals surface area contributed by atoms with E-state index in [0.717, 1.165) is 4.57 Å². The van der Waals surface area contributed by atoms with E-state index in [9.17, 15) is 14.4 Å². The van der Waals surface area contributed by atoms with Gasteiger partial charge in [0.15, 0.2) is 11.2 Å². The largest absolute Gasteiger partial charge is 0.461 e. The molecule has 106 valence electrons. The van der Waals surface area contributed by atoms with E-state index in [1.54, 1.807) is 6.92 Å². The third-order valence-electron chi connectivity index (χ3n) is 3.65. The number of esters is 1. The summed E-state index contributed by atoms with van der Waals surface area (Å²) in [4.78, 5) is 40.0. The van der Waals surface area contributed by atoms with Crippen molar-refractivity contribution in [1.82, 2.24) is 18.7 Å². The Hall–Kier alpha value is -2.38. The molecule has 0 unspecified atom stereocenters. The molecule has 3 rings (SSSR count). The Morgan fingerprint density at radius 1 is 1.25 bits per heavy atom. The Balaban J connectivity index is 2.32. The zero-order chi connectivity index (χ0) is 14.6. The highest BCUT2D eigenvalue weighted by Crippen LogP contribution is 2.27. The maximum absolute atomic E-state index is 12.3. The average Bonchev–Trinajstić information content (AvgIpc) is 2.97. The predicted molar refractivity (Wildman–Crippen MR) is 69.4 cm³/mol. The summed E-state index contributed by atoms with van der Waals surface area (Å²) in [5, 5.41) is 0. The maximum Gasteiger partial charge on any atom is 0.332 e. The lowest BCUT2D eigenvalue weighted by molar-refractivity contribution is -0.143. The van der Waals surface area contributed by atoms with E-state index >= 15 is 0 Å². The van der Waals surface area contributed by atoms with Crippen LogP contribution in [0.2, 0.25) is 0 Å². The summed E-state index contributed by atoms with van der Waals surface area (Å²) in [5.74, 6) is -0.382. The molecule has 1 aliphatic heterocycles. The molecule has 0 saturated carbocycles. The second kappa shape index (κ2) is 4.06. The number of cyclic esters (lactones) is 1. The van der Waals surface area contributed by atoms with Gasteiger partial charge in [-0.2, -0.15) is 0 Å². The molecular weight excluding hydrogens is 264 g/mol. The van der Waals surface area contributed by atoms with Crippen molar-refractivity contribution in [2.24, 2.45) is 14.1 Å². The summed E-state index contributed by atoms with van der Waals surface area (Å²) in [5.41, 5.74) is -0.404. The summed E-state index contributed by atoms with van der Waals surface area (Å²) in [6.07, 6.45) is 1.70. The van der Waals surface area contributed by atoms with E-state index in [1.807, 2.05) is 0 Å². The maximum atomic E-state index is 12.3. The Morgan fingerprint density at radius 2 is 1.95 bits per heavy atom. The lowest BCUT2D eigenvalue weighted by Gasteiger charge is -2.09. The first-order valence-electron chi connectivity index (χ1n) is 6.25. The van der Waals surface area contributed by atoms with Gasteiger partial charge < -0.3 is 9.30 Å². The molecule has 1 fully saturated rings. The minimum Gasteiger partial charge on any atom is -0.461 e. The SMILES string of the molecule is C[C@H]1C[C@@H](n2cnc3c2c(=O)n(C)c(=O)n3C)C(=O)O1. The van der Waals surface area contributed by atoms with Crippen molar-refractivity contribution < 1.29 is 9.53 Å². The summed E-state index contributed by atoms with van der Waals surface area (Å²) >= 11 is 0. The molecule has 3 heterocycles. The highest BCUT2D eigenvalue weighted by molar-refractivity contribution is 5.80. The zero-order valence-corrected chi connectivity index (χ0v) is 11.4. The molecule has 8 nitrogen and oxygen atoms in total. The average molecular weight is 278 g/mol. The van der Waals surface area contributed by atoms with Gasteiger partial charge in [-0.3, -0.25) is 13.9 Å². The van der Waals surface area contributed by atoms with Gasteiger partial charge in [0.1, 0.15) is 12.1 Å². The van der Waals surface area contributed by atoms with E-state index in [1.165, 1.54) is 29.6 Å². The van der Waals surface area contributed by atoms with Crippen LogP contribution in [0.1, 0.15) is 19.4 Å². The van der Waals surface area contributed by atoms with Crippen molar-refractivity contribution in [3.8, 4) is 0 Å². The van der Waals surface area contributed by atoms with E-state index in [2.05, 4.69) is 4.98 Å². The fraction of sp³-hybridized carbons (Fsp3) is 0.500. The number of hydrogen-bond acceptors (Lipinski definition) is 5. The van der Waals surface area contributed by atoms with Gasteiger partial charge in [-0.15, -0.1) is 0 Å². The van der Waals surface area contributed by atoms with Crippen LogP contribution in [-0.2, 0) is 23.6 Å². The Labute approximate surface area is 113 Å². The van der Waals surface area contributed by atoms with E-state index in [0.29, 0.717) is 6.42 Å². The molecule has 2 aromatic heterocycles. The number of aromatic nitrogens is 4. The smallest absolute Gasteiger partial charge is 0.332 e. The number of imidazole rings is 1. The second-order valence-electron chi connectivity index (χ2n) is 5.03. The monoisotopic (exact) mass is 278 g/mol. The number of rotatable bonds is 1. The van der Waals surface area contributed by atoms with Crippen molar-refractivity contribution in [3.63, 3.8) is 0 Å². The number of carbonyl (C=O) groups excluding carboxylic acids is 1. The first kappa shape index (κ1) is 12.6. The fourth-order valence-electron chi connectivity index (χ4n) is 2.56. The Kier molecular flexibility index (Phi) is 2.56. The van der Waals surface area contributed by atoms with Crippen molar-refractivity contribution in [2.75, 3.05) is 0 Å². The highest BCUT2D eigenvalue weighted by Gasteiger charge is 2.35. The number of carbonyl (C=O) groups is 1. The van der Waals surface area contributed by atoms with Crippen LogP contribution in [0.4, 0.5) is 0 Å². The highest BCUT2D eigenvalue weighted by atomic mass is 16.6. The van der Waals surface area contributed by atoms with Crippen molar-refractivity contribution in [3.05, 3.63) is 27.2 Å². The molecule has 0 aliphatic carbocycles. The standard InChI is InChI=1S/C12H14N4O4/c1-6-4-7(11(18)20-6)16-5-13-9-8(16)10(17)15(3)12(19)14(9)2/h5-7H,4H2,1-3H3/t6-,7+/m0/s1. The van der Waals surface area contributed by atoms with Gasteiger partial charge in [0.25, 0.3) is 5.56 Å². The molecule has 0 radical (unpaired) electrons. The normalized spacial score (nSPS) is 22.4. The molecule has 2 aromatic rings.